The Morgan fingerprint density at radius 3 is 2.52 bits per heavy atom. The van der Waals surface area contributed by atoms with E-state index >= 15 is 0 Å². The molecule has 124 valence electrons. The van der Waals surface area contributed by atoms with Crippen molar-refractivity contribution in [2.45, 2.75) is 39.7 Å². The maximum atomic E-state index is 12.4. The summed E-state index contributed by atoms with van der Waals surface area (Å²) >= 11 is 0. The second-order valence-electron chi connectivity index (χ2n) is 6.21. The van der Waals surface area contributed by atoms with Crippen LogP contribution in [0.3, 0.4) is 0 Å². The molecule has 0 unspecified atom stereocenters. The Balaban J connectivity index is 2.33. The van der Waals surface area contributed by atoms with Crippen molar-refractivity contribution in [2.24, 2.45) is 5.92 Å². The third-order valence-corrected chi connectivity index (χ3v) is 3.92. The van der Waals surface area contributed by atoms with Gasteiger partial charge >= 0.3 is 0 Å². The van der Waals surface area contributed by atoms with Gasteiger partial charge in [0.05, 0.1) is 6.61 Å². The van der Waals surface area contributed by atoms with Crippen molar-refractivity contribution in [1.29, 1.82) is 0 Å². The molecule has 1 heterocycles. The molecule has 5 nitrogen and oxygen atoms in total. The van der Waals surface area contributed by atoms with Crippen LogP contribution in [0.15, 0.2) is 0 Å². The van der Waals surface area contributed by atoms with Gasteiger partial charge in [-0.2, -0.15) is 0 Å². The fourth-order valence-corrected chi connectivity index (χ4v) is 2.44. The maximum absolute atomic E-state index is 12.4. The molecule has 0 spiro atoms. The Morgan fingerprint density at radius 1 is 1.10 bits per heavy atom. The second kappa shape index (κ2) is 10.1. The van der Waals surface area contributed by atoms with Gasteiger partial charge in [0, 0.05) is 39.9 Å². The van der Waals surface area contributed by atoms with Gasteiger partial charge in [-0.1, -0.05) is 13.8 Å². The van der Waals surface area contributed by atoms with Crippen molar-refractivity contribution in [3.63, 3.8) is 0 Å². The van der Waals surface area contributed by atoms with Crippen LogP contribution >= 0.6 is 0 Å². The van der Waals surface area contributed by atoms with Crippen LogP contribution in [0.1, 0.15) is 33.6 Å². The number of rotatable bonds is 8. The van der Waals surface area contributed by atoms with Crippen LogP contribution < -0.4 is 0 Å². The minimum Gasteiger partial charge on any atom is -0.383 e. The Labute approximate surface area is 129 Å². The summed E-state index contributed by atoms with van der Waals surface area (Å²) in [6.45, 7) is 12.2. The highest BCUT2D eigenvalue weighted by Gasteiger charge is 2.23. The minimum atomic E-state index is -0.325. The van der Waals surface area contributed by atoms with Crippen molar-refractivity contribution in [3.05, 3.63) is 0 Å². The lowest BCUT2D eigenvalue weighted by Gasteiger charge is -2.25. The van der Waals surface area contributed by atoms with E-state index in [4.69, 9.17) is 9.47 Å². The Morgan fingerprint density at radius 2 is 1.86 bits per heavy atom. The fraction of sp³-hybridized carbons (Fsp3) is 0.938. The first kappa shape index (κ1) is 18.4. The van der Waals surface area contributed by atoms with Gasteiger partial charge in [-0.05, 0) is 32.2 Å². The van der Waals surface area contributed by atoms with Gasteiger partial charge in [-0.3, -0.25) is 9.69 Å². The van der Waals surface area contributed by atoms with Crippen LogP contribution in [-0.4, -0.2) is 74.9 Å². The molecular formula is C16H32N2O3. The van der Waals surface area contributed by atoms with Crippen LogP contribution in [-0.2, 0) is 14.3 Å². The summed E-state index contributed by atoms with van der Waals surface area (Å²) in [5.41, 5.74) is 0. The molecule has 1 aliphatic heterocycles. The number of amides is 1. The van der Waals surface area contributed by atoms with Gasteiger partial charge in [-0.25, -0.2) is 0 Å². The van der Waals surface area contributed by atoms with Crippen molar-refractivity contribution >= 4 is 5.91 Å². The lowest BCUT2D eigenvalue weighted by atomic mass is 10.1. The summed E-state index contributed by atoms with van der Waals surface area (Å²) in [6, 6.07) is 0. The molecule has 1 rings (SSSR count). The number of hydrogen-bond acceptors (Lipinski definition) is 4. The van der Waals surface area contributed by atoms with Crippen molar-refractivity contribution in [1.82, 2.24) is 9.80 Å². The minimum absolute atomic E-state index is 0.132. The molecule has 21 heavy (non-hydrogen) atoms. The van der Waals surface area contributed by atoms with Crippen LogP contribution in [0.4, 0.5) is 0 Å². The first-order valence-electron chi connectivity index (χ1n) is 8.16. The zero-order valence-corrected chi connectivity index (χ0v) is 14.1. The van der Waals surface area contributed by atoms with E-state index in [0.717, 1.165) is 52.2 Å². The number of ether oxygens (including phenoxy) is 2. The molecule has 0 saturated carbocycles. The summed E-state index contributed by atoms with van der Waals surface area (Å²) in [5, 5.41) is 0. The summed E-state index contributed by atoms with van der Waals surface area (Å²) < 4.78 is 10.8. The second-order valence-corrected chi connectivity index (χ2v) is 6.21. The van der Waals surface area contributed by atoms with E-state index in [9.17, 15) is 4.79 Å². The molecule has 1 atom stereocenters. The summed E-state index contributed by atoms with van der Waals surface area (Å²) in [4.78, 5) is 16.7. The monoisotopic (exact) mass is 300 g/mol. The maximum Gasteiger partial charge on any atom is 0.251 e. The largest absolute Gasteiger partial charge is 0.383 e. The van der Waals surface area contributed by atoms with Crippen LogP contribution in [0.5, 0.6) is 0 Å². The smallest absolute Gasteiger partial charge is 0.251 e. The molecule has 1 aliphatic rings. The van der Waals surface area contributed by atoms with Crippen LogP contribution in [0, 0.1) is 5.92 Å². The molecular weight excluding hydrogens is 268 g/mol. The number of nitrogens with zero attached hydrogens (tertiary/aromatic N) is 2. The molecule has 1 fully saturated rings. The van der Waals surface area contributed by atoms with Gasteiger partial charge in [0.1, 0.15) is 6.10 Å². The van der Waals surface area contributed by atoms with Gasteiger partial charge in [0.25, 0.3) is 5.91 Å². The SMILES string of the molecule is COCCN1CCCN(C(=O)[C@@H](C)OCCC(C)C)CC1. The molecule has 1 saturated heterocycles. The Hall–Kier alpha value is -0.650. The Kier molecular flexibility index (Phi) is 8.88. The van der Waals surface area contributed by atoms with E-state index in [1.165, 1.54) is 0 Å². The normalized spacial score (nSPS) is 18.8. The van der Waals surface area contributed by atoms with E-state index in [2.05, 4.69) is 18.7 Å². The van der Waals surface area contributed by atoms with Crippen LogP contribution in [0.2, 0.25) is 0 Å². The predicted molar refractivity (Wildman–Crippen MR) is 84.4 cm³/mol. The van der Waals surface area contributed by atoms with Gasteiger partial charge < -0.3 is 14.4 Å². The molecule has 0 N–H and O–H groups in total. The summed E-state index contributed by atoms with van der Waals surface area (Å²) in [5.74, 6) is 0.743. The molecule has 0 aliphatic carbocycles. The fourth-order valence-electron chi connectivity index (χ4n) is 2.44. The van der Waals surface area contributed by atoms with Crippen molar-refractivity contribution in [2.75, 3.05) is 53.0 Å². The molecule has 0 bridgehead atoms. The number of hydrogen-bond donors (Lipinski definition) is 0. The van der Waals surface area contributed by atoms with Gasteiger partial charge in [0.15, 0.2) is 0 Å². The zero-order valence-electron chi connectivity index (χ0n) is 14.1. The third-order valence-electron chi connectivity index (χ3n) is 3.92. The highest BCUT2D eigenvalue weighted by Crippen LogP contribution is 2.08. The van der Waals surface area contributed by atoms with Crippen molar-refractivity contribution in [3.8, 4) is 0 Å². The predicted octanol–water partition coefficient (Wildman–Crippen LogP) is 1.62. The highest BCUT2D eigenvalue weighted by molar-refractivity contribution is 5.80. The third kappa shape index (κ3) is 7.25. The topological polar surface area (TPSA) is 42.0 Å². The molecule has 5 heteroatoms. The quantitative estimate of drug-likeness (QED) is 0.683. The van der Waals surface area contributed by atoms with Gasteiger partial charge in [0.2, 0.25) is 0 Å². The van der Waals surface area contributed by atoms with Crippen molar-refractivity contribution < 1.29 is 14.3 Å². The van der Waals surface area contributed by atoms with Gasteiger partial charge in [-0.15, -0.1) is 0 Å². The average Bonchev–Trinajstić information content (AvgIpc) is 2.69. The van der Waals surface area contributed by atoms with E-state index in [1.54, 1.807) is 7.11 Å². The molecule has 1 amide bonds. The van der Waals surface area contributed by atoms with E-state index in [-0.39, 0.29) is 12.0 Å². The first-order chi connectivity index (χ1) is 10.0. The van der Waals surface area contributed by atoms with Crippen LogP contribution in [0.25, 0.3) is 0 Å². The Bertz CT molecular complexity index is 297. The average molecular weight is 300 g/mol. The summed E-state index contributed by atoms with van der Waals surface area (Å²) in [7, 11) is 1.73. The van der Waals surface area contributed by atoms with E-state index < -0.39 is 0 Å². The summed E-state index contributed by atoms with van der Waals surface area (Å²) in [6.07, 6.45) is 1.70. The molecule has 0 aromatic heterocycles. The lowest BCUT2D eigenvalue weighted by Crippen LogP contribution is -2.41. The first-order valence-corrected chi connectivity index (χ1v) is 8.16. The number of carbonyl (C=O) groups is 1. The molecule has 0 aromatic rings. The highest BCUT2D eigenvalue weighted by atomic mass is 16.5. The van der Waals surface area contributed by atoms with E-state index in [0.29, 0.717) is 12.5 Å². The van der Waals surface area contributed by atoms with E-state index in [1.807, 2.05) is 11.8 Å². The zero-order chi connectivity index (χ0) is 15.7. The standard InChI is InChI=1S/C16H32N2O3/c1-14(2)6-12-21-15(3)16(19)18-8-5-7-17(9-10-18)11-13-20-4/h14-15H,5-13H2,1-4H3/t15-/m1/s1. The molecule has 0 aromatic carbocycles. The number of carbonyl (C=O) groups excluding carboxylic acids is 1. The molecule has 0 radical (unpaired) electrons. The number of methoxy groups -OCH3 is 1. The lowest BCUT2D eigenvalue weighted by molar-refractivity contribution is -0.142.